The van der Waals surface area contributed by atoms with Crippen molar-refractivity contribution in [3.63, 3.8) is 0 Å². The van der Waals surface area contributed by atoms with E-state index in [9.17, 15) is 9.90 Å². The van der Waals surface area contributed by atoms with Crippen LogP contribution in [0.1, 0.15) is 21.6 Å². The highest BCUT2D eigenvalue weighted by Crippen LogP contribution is 2.25. The second-order valence-electron chi connectivity index (χ2n) is 6.25. The first-order chi connectivity index (χ1) is 13.1. The number of hydrogen-bond acceptors (Lipinski definition) is 4. The van der Waals surface area contributed by atoms with Crippen molar-refractivity contribution in [3.8, 4) is 5.75 Å². The number of phenols is 1. The molecule has 0 aliphatic heterocycles. The van der Waals surface area contributed by atoms with Gasteiger partial charge in [0, 0.05) is 16.6 Å². The van der Waals surface area contributed by atoms with Crippen molar-refractivity contribution in [2.24, 2.45) is 5.10 Å². The van der Waals surface area contributed by atoms with Gasteiger partial charge in [-0.25, -0.2) is 5.43 Å². The number of rotatable bonds is 3. The van der Waals surface area contributed by atoms with Gasteiger partial charge in [-0.3, -0.25) is 9.78 Å². The summed E-state index contributed by atoms with van der Waals surface area (Å²) in [5, 5.41) is 16.8. The largest absolute Gasteiger partial charge is 0.507 e. The van der Waals surface area contributed by atoms with E-state index in [4.69, 9.17) is 0 Å². The Morgan fingerprint density at radius 2 is 1.78 bits per heavy atom. The zero-order valence-electron chi connectivity index (χ0n) is 14.7. The number of amides is 1. The van der Waals surface area contributed by atoms with Crippen molar-refractivity contribution < 1.29 is 9.90 Å². The van der Waals surface area contributed by atoms with Gasteiger partial charge in [0.15, 0.2) is 0 Å². The lowest BCUT2D eigenvalue weighted by Crippen LogP contribution is -2.18. The monoisotopic (exact) mass is 355 g/mol. The molecule has 4 rings (SSSR count). The molecule has 132 valence electrons. The van der Waals surface area contributed by atoms with Crippen LogP contribution in [0.4, 0.5) is 0 Å². The highest BCUT2D eigenvalue weighted by atomic mass is 16.3. The number of aryl methyl sites for hydroxylation is 1. The summed E-state index contributed by atoms with van der Waals surface area (Å²) in [6, 6.07) is 20.4. The molecule has 0 saturated heterocycles. The number of carbonyl (C=O) groups is 1. The van der Waals surface area contributed by atoms with Gasteiger partial charge in [-0.2, -0.15) is 5.10 Å². The molecule has 0 spiro atoms. The minimum atomic E-state index is -0.326. The second-order valence-corrected chi connectivity index (χ2v) is 6.25. The molecule has 0 aliphatic carbocycles. The predicted octanol–water partition coefficient (Wildman–Crippen LogP) is 4.17. The number of pyridine rings is 1. The molecule has 2 N–H and O–H groups in total. The molecule has 5 nitrogen and oxygen atoms in total. The van der Waals surface area contributed by atoms with Gasteiger partial charge in [0.05, 0.1) is 17.3 Å². The first kappa shape index (κ1) is 16.7. The molecule has 0 radical (unpaired) electrons. The van der Waals surface area contributed by atoms with Gasteiger partial charge >= 0.3 is 0 Å². The van der Waals surface area contributed by atoms with E-state index in [1.807, 2.05) is 61.5 Å². The zero-order valence-corrected chi connectivity index (χ0v) is 14.7. The molecule has 0 unspecified atom stereocenters. The highest BCUT2D eigenvalue weighted by molar-refractivity contribution is 6.07. The number of phenolic OH excluding ortho intramolecular Hbond substituents is 1. The van der Waals surface area contributed by atoms with Crippen molar-refractivity contribution in [3.05, 3.63) is 83.6 Å². The van der Waals surface area contributed by atoms with Crippen LogP contribution in [0.2, 0.25) is 0 Å². The third kappa shape index (κ3) is 3.22. The molecule has 0 saturated carbocycles. The number of para-hydroxylation sites is 1. The summed E-state index contributed by atoms with van der Waals surface area (Å²) in [6.07, 6.45) is 1.46. The van der Waals surface area contributed by atoms with Crippen LogP contribution in [-0.4, -0.2) is 22.2 Å². The molecular formula is C22H17N3O2. The molecule has 27 heavy (non-hydrogen) atoms. The molecule has 3 aromatic carbocycles. The highest BCUT2D eigenvalue weighted by Gasteiger charge is 2.11. The fraction of sp³-hybridized carbons (Fsp3) is 0.0455. The normalized spacial score (nSPS) is 11.3. The van der Waals surface area contributed by atoms with Gasteiger partial charge in [0.1, 0.15) is 5.75 Å². The Balaban J connectivity index is 1.65. The average Bonchev–Trinajstić information content (AvgIpc) is 2.68. The smallest absolute Gasteiger partial charge is 0.272 e. The SMILES string of the molecule is Cc1cc(C(=O)N/N=C\c2c(O)ccc3ccccc23)c2ccccc2n1. The minimum absolute atomic E-state index is 0.108. The molecular weight excluding hydrogens is 338 g/mol. The summed E-state index contributed by atoms with van der Waals surface area (Å²) >= 11 is 0. The van der Waals surface area contributed by atoms with Gasteiger partial charge < -0.3 is 5.11 Å². The Morgan fingerprint density at radius 1 is 1.04 bits per heavy atom. The summed E-state index contributed by atoms with van der Waals surface area (Å²) in [4.78, 5) is 17.1. The minimum Gasteiger partial charge on any atom is -0.507 e. The molecule has 1 heterocycles. The Hall–Kier alpha value is -3.73. The summed E-state index contributed by atoms with van der Waals surface area (Å²) < 4.78 is 0. The Morgan fingerprint density at radius 3 is 2.63 bits per heavy atom. The topological polar surface area (TPSA) is 74.6 Å². The van der Waals surface area contributed by atoms with E-state index in [1.165, 1.54) is 6.21 Å². The van der Waals surface area contributed by atoms with Crippen LogP contribution in [0.5, 0.6) is 5.75 Å². The molecule has 0 atom stereocenters. The van der Waals surface area contributed by atoms with Gasteiger partial charge in [-0.05, 0) is 35.9 Å². The quantitative estimate of drug-likeness (QED) is 0.428. The lowest BCUT2D eigenvalue weighted by Gasteiger charge is -2.07. The standard InChI is InChI=1S/C22H17N3O2/c1-14-12-18(17-8-4-5-9-20(17)24-14)22(27)25-23-13-19-16-7-3-2-6-15(16)10-11-21(19)26/h2-13,26H,1H3,(H,25,27)/b23-13-. The van der Waals surface area contributed by atoms with Gasteiger partial charge in [-0.15, -0.1) is 0 Å². The van der Waals surface area contributed by atoms with Crippen LogP contribution in [0.3, 0.4) is 0 Å². The number of nitrogens with one attached hydrogen (secondary N) is 1. The number of fused-ring (bicyclic) bond motifs is 2. The first-order valence-electron chi connectivity index (χ1n) is 8.54. The van der Waals surface area contributed by atoms with Crippen LogP contribution >= 0.6 is 0 Å². The van der Waals surface area contributed by atoms with E-state index in [1.54, 1.807) is 12.1 Å². The van der Waals surface area contributed by atoms with Crippen molar-refractivity contribution in [1.29, 1.82) is 0 Å². The van der Waals surface area contributed by atoms with E-state index < -0.39 is 0 Å². The number of aromatic nitrogens is 1. The number of carbonyl (C=O) groups excluding carboxylic acids is 1. The molecule has 0 aliphatic rings. The third-order valence-electron chi connectivity index (χ3n) is 4.40. The lowest BCUT2D eigenvalue weighted by molar-refractivity contribution is 0.0956. The average molecular weight is 355 g/mol. The maximum absolute atomic E-state index is 12.6. The van der Waals surface area contributed by atoms with E-state index in [0.717, 1.165) is 27.4 Å². The molecule has 5 heteroatoms. The molecule has 4 aromatic rings. The van der Waals surface area contributed by atoms with E-state index in [0.29, 0.717) is 11.1 Å². The van der Waals surface area contributed by atoms with E-state index in [-0.39, 0.29) is 11.7 Å². The van der Waals surface area contributed by atoms with Crippen molar-refractivity contribution >= 4 is 33.8 Å². The maximum Gasteiger partial charge on any atom is 0.272 e. The summed E-state index contributed by atoms with van der Waals surface area (Å²) in [7, 11) is 0. The zero-order chi connectivity index (χ0) is 18.8. The molecule has 0 fully saturated rings. The van der Waals surface area contributed by atoms with Crippen LogP contribution in [0.15, 0.2) is 71.8 Å². The molecule has 0 bridgehead atoms. The number of hydrogen-bond donors (Lipinski definition) is 2. The van der Waals surface area contributed by atoms with Gasteiger partial charge in [-0.1, -0.05) is 48.5 Å². The van der Waals surface area contributed by atoms with Crippen LogP contribution in [-0.2, 0) is 0 Å². The van der Waals surface area contributed by atoms with Crippen LogP contribution in [0.25, 0.3) is 21.7 Å². The fourth-order valence-electron chi connectivity index (χ4n) is 3.13. The Labute approximate surface area is 156 Å². The third-order valence-corrected chi connectivity index (χ3v) is 4.40. The van der Waals surface area contributed by atoms with E-state index >= 15 is 0 Å². The number of benzene rings is 3. The van der Waals surface area contributed by atoms with E-state index in [2.05, 4.69) is 15.5 Å². The maximum atomic E-state index is 12.6. The van der Waals surface area contributed by atoms with Crippen molar-refractivity contribution in [2.45, 2.75) is 6.92 Å². The summed E-state index contributed by atoms with van der Waals surface area (Å²) in [6.45, 7) is 1.85. The van der Waals surface area contributed by atoms with Crippen molar-refractivity contribution in [2.75, 3.05) is 0 Å². The lowest BCUT2D eigenvalue weighted by atomic mass is 10.0. The molecule has 1 aromatic heterocycles. The van der Waals surface area contributed by atoms with Gasteiger partial charge in [0.2, 0.25) is 0 Å². The molecule has 1 amide bonds. The number of nitrogens with zero attached hydrogens (tertiary/aromatic N) is 2. The van der Waals surface area contributed by atoms with Gasteiger partial charge in [0.25, 0.3) is 5.91 Å². The van der Waals surface area contributed by atoms with Crippen molar-refractivity contribution in [1.82, 2.24) is 10.4 Å². The first-order valence-corrected chi connectivity index (χ1v) is 8.54. The van der Waals surface area contributed by atoms with Crippen LogP contribution < -0.4 is 5.43 Å². The van der Waals surface area contributed by atoms with Crippen LogP contribution in [0, 0.1) is 6.92 Å². The number of aromatic hydroxyl groups is 1. The Kier molecular flexibility index (Phi) is 4.26. The summed E-state index contributed by atoms with van der Waals surface area (Å²) in [5.74, 6) is -0.218. The second kappa shape index (κ2) is 6.88. The fourth-order valence-corrected chi connectivity index (χ4v) is 3.13. The predicted molar refractivity (Wildman–Crippen MR) is 107 cm³/mol. The summed E-state index contributed by atoms with van der Waals surface area (Å²) in [5.41, 5.74) is 5.14. The Bertz CT molecular complexity index is 1200. The number of hydrazone groups is 1.